The maximum Gasteiger partial charge on any atom is 0.344 e. The number of nitro benzene ring substituents is 1. The van der Waals surface area contributed by atoms with Gasteiger partial charge in [0, 0.05) is 22.6 Å². The van der Waals surface area contributed by atoms with E-state index in [2.05, 4.69) is 5.16 Å². The first kappa shape index (κ1) is 17.1. The van der Waals surface area contributed by atoms with E-state index in [-0.39, 0.29) is 27.8 Å². The molecule has 0 fully saturated rings. The minimum atomic E-state index is -4.20. The molecule has 1 aromatic carbocycles. The van der Waals surface area contributed by atoms with Crippen LogP contribution < -0.4 is 4.18 Å². The molecule has 0 aliphatic carbocycles. The predicted molar refractivity (Wildman–Crippen MR) is 90.2 cm³/mol. The number of aryl methyl sites for hydroxylation is 2. The molecule has 0 bridgehead atoms. The minimum Gasteiger partial charge on any atom is -0.378 e. The summed E-state index contributed by atoms with van der Waals surface area (Å²) in [6, 6.07) is 7.22. The van der Waals surface area contributed by atoms with Crippen molar-refractivity contribution in [2.75, 3.05) is 0 Å². The van der Waals surface area contributed by atoms with Crippen LogP contribution in [0.25, 0.3) is 10.4 Å². The Morgan fingerprint density at radius 2 is 2.04 bits per heavy atom. The summed E-state index contributed by atoms with van der Waals surface area (Å²) in [4.78, 5) is 11.0. The quantitative estimate of drug-likeness (QED) is 0.377. The van der Waals surface area contributed by atoms with Crippen LogP contribution in [-0.2, 0) is 10.1 Å². The first-order valence-corrected chi connectivity index (χ1v) is 9.28. The molecule has 0 radical (unpaired) electrons. The third-order valence-electron chi connectivity index (χ3n) is 3.38. The average Bonchev–Trinajstić information content (AvgIpc) is 3.17. The van der Waals surface area contributed by atoms with Crippen molar-refractivity contribution in [3.63, 3.8) is 0 Å². The summed E-state index contributed by atoms with van der Waals surface area (Å²) in [6.45, 7) is 2.95. The van der Waals surface area contributed by atoms with Crippen LogP contribution in [-0.4, -0.2) is 18.5 Å². The predicted octanol–water partition coefficient (Wildman–Crippen LogP) is 3.70. The van der Waals surface area contributed by atoms with Gasteiger partial charge < -0.3 is 8.71 Å². The molecule has 0 aliphatic heterocycles. The Bertz CT molecular complexity index is 1020. The van der Waals surface area contributed by atoms with Gasteiger partial charge in [-0.3, -0.25) is 10.1 Å². The highest BCUT2D eigenvalue weighted by molar-refractivity contribution is 7.87. The molecular weight excluding hydrogens is 368 g/mol. The van der Waals surface area contributed by atoms with Gasteiger partial charge in [0.15, 0.2) is 16.4 Å². The van der Waals surface area contributed by atoms with E-state index in [0.717, 1.165) is 0 Å². The Hall–Kier alpha value is -2.72. The summed E-state index contributed by atoms with van der Waals surface area (Å²) in [7, 11) is -4.20. The molecule has 0 N–H and O–H groups in total. The van der Waals surface area contributed by atoms with Crippen molar-refractivity contribution in [3.8, 4) is 16.2 Å². The number of non-ortho nitro benzene ring substituents is 1. The Morgan fingerprint density at radius 3 is 2.60 bits per heavy atom. The molecule has 2 heterocycles. The SMILES string of the molecule is Cc1noc(C)c1S(=O)(=O)Oc1ccc([N+](=O)[O-])cc1-c1cccs1. The lowest BCUT2D eigenvalue weighted by Gasteiger charge is -2.10. The molecule has 0 amide bonds. The molecule has 8 nitrogen and oxygen atoms in total. The summed E-state index contributed by atoms with van der Waals surface area (Å²) in [5.41, 5.74) is 0.335. The Kier molecular flexibility index (Phi) is 4.31. The standard InChI is InChI=1S/C15H12N2O6S2/c1-9-15(10(2)22-16-9)25(20,21)23-13-6-5-11(17(18)19)8-12(13)14-4-3-7-24-14/h3-8H,1-2H3. The van der Waals surface area contributed by atoms with Crippen molar-refractivity contribution in [3.05, 3.63) is 57.3 Å². The lowest BCUT2D eigenvalue weighted by molar-refractivity contribution is -0.384. The average molecular weight is 380 g/mol. The van der Waals surface area contributed by atoms with Gasteiger partial charge in [0.2, 0.25) is 0 Å². The molecule has 0 saturated heterocycles. The summed E-state index contributed by atoms with van der Waals surface area (Å²) in [5, 5.41) is 16.4. The zero-order valence-corrected chi connectivity index (χ0v) is 14.8. The second-order valence-electron chi connectivity index (χ2n) is 5.11. The maximum absolute atomic E-state index is 12.6. The van der Waals surface area contributed by atoms with Crippen molar-refractivity contribution in [1.29, 1.82) is 0 Å². The zero-order valence-electron chi connectivity index (χ0n) is 13.1. The van der Waals surface area contributed by atoms with Crippen molar-refractivity contribution in [2.24, 2.45) is 0 Å². The monoisotopic (exact) mass is 380 g/mol. The van der Waals surface area contributed by atoms with Gasteiger partial charge in [-0.2, -0.15) is 8.42 Å². The fraction of sp³-hybridized carbons (Fsp3) is 0.133. The summed E-state index contributed by atoms with van der Waals surface area (Å²) in [5.74, 6) is 0.102. The third-order valence-corrected chi connectivity index (χ3v) is 5.76. The number of aromatic nitrogens is 1. The topological polar surface area (TPSA) is 113 Å². The van der Waals surface area contributed by atoms with Gasteiger partial charge in [0.25, 0.3) is 5.69 Å². The summed E-state index contributed by atoms with van der Waals surface area (Å²) < 4.78 is 35.3. The molecule has 0 atom stereocenters. The fourth-order valence-electron chi connectivity index (χ4n) is 2.32. The van der Waals surface area contributed by atoms with Crippen LogP contribution in [0.2, 0.25) is 0 Å². The highest BCUT2D eigenvalue weighted by atomic mass is 32.2. The largest absolute Gasteiger partial charge is 0.378 e. The molecule has 0 spiro atoms. The number of hydrogen-bond donors (Lipinski definition) is 0. The van der Waals surface area contributed by atoms with E-state index in [9.17, 15) is 18.5 Å². The van der Waals surface area contributed by atoms with Gasteiger partial charge in [-0.05, 0) is 31.4 Å². The van der Waals surface area contributed by atoms with Gasteiger partial charge in [-0.1, -0.05) is 11.2 Å². The lowest BCUT2D eigenvalue weighted by Crippen LogP contribution is -2.12. The van der Waals surface area contributed by atoms with Crippen LogP contribution in [0.15, 0.2) is 45.1 Å². The highest BCUT2D eigenvalue weighted by Gasteiger charge is 2.28. The number of nitrogens with zero attached hydrogens (tertiary/aromatic N) is 2. The second-order valence-corrected chi connectivity index (χ2v) is 7.54. The highest BCUT2D eigenvalue weighted by Crippen LogP contribution is 2.37. The van der Waals surface area contributed by atoms with Crippen LogP contribution in [0.4, 0.5) is 5.69 Å². The van der Waals surface area contributed by atoms with Gasteiger partial charge in [0.1, 0.15) is 5.69 Å². The van der Waals surface area contributed by atoms with Crippen LogP contribution in [0.5, 0.6) is 5.75 Å². The van der Waals surface area contributed by atoms with E-state index >= 15 is 0 Å². The molecule has 3 aromatic rings. The van der Waals surface area contributed by atoms with E-state index in [1.165, 1.54) is 43.4 Å². The van der Waals surface area contributed by atoms with Crippen LogP contribution >= 0.6 is 11.3 Å². The molecule has 2 aromatic heterocycles. The molecule has 0 aliphatic rings. The third kappa shape index (κ3) is 3.26. The van der Waals surface area contributed by atoms with Crippen molar-refractivity contribution in [1.82, 2.24) is 5.16 Å². The zero-order chi connectivity index (χ0) is 18.2. The molecule has 10 heteroatoms. The van der Waals surface area contributed by atoms with E-state index in [1.54, 1.807) is 17.5 Å². The Labute approximate surface area is 146 Å². The van der Waals surface area contributed by atoms with Crippen LogP contribution in [0.3, 0.4) is 0 Å². The molecule has 3 rings (SSSR count). The van der Waals surface area contributed by atoms with Gasteiger partial charge in [0.05, 0.1) is 4.92 Å². The van der Waals surface area contributed by atoms with Gasteiger partial charge in [-0.25, -0.2) is 0 Å². The van der Waals surface area contributed by atoms with Crippen LogP contribution in [0.1, 0.15) is 11.5 Å². The summed E-state index contributed by atoms with van der Waals surface area (Å²) >= 11 is 1.31. The maximum atomic E-state index is 12.6. The van der Waals surface area contributed by atoms with E-state index in [1.807, 2.05) is 0 Å². The first-order valence-electron chi connectivity index (χ1n) is 6.99. The Morgan fingerprint density at radius 1 is 1.28 bits per heavy atom. The molecule has 25 heavy (non-hydrogen) atoms. The molecule has 0 unspecified atom stereocenters. The number of rotatable bonds is 5. The van der Waals surface area contributed by atoms with Gasteiger partial charge in [-0.15, -0.1) is 11.3 Å². The molecule has 0 saturated carbocycles. The summed E-state index contributed by atoms with van der Waals surface area (Å²) in [6.07, 6.45) is 0. The number of thiophene rings is 1. The van der Waals surface area contributed by atoms with Crippen LogP contribution in [0, 0.1) is 24.0 Å². The van der Waals surface area contributed by atoms with E-state index < -0.39 is 15.0 Å². The second kappa shape index (κ2) is 6.30. The van der Waals surface area contributed by atoms with Crippen molar-refractivity contribution >= 4 is 27.1 Å². The number of benzene rings is 1. The first-order chi connectivity index (χ1) is 11.8. The fourth-order valence-corrected chi connectivity index (χ4v) is 4.32. The molecule has 130 valence electrons. The van der Waals surface area contributed by atoms with Crippen molar-refractivity contribution in [2.45, 2.75) is 18.7 Å². The Balaban J connectivity index is 2.10. The van der Waals surface area contributed by atoms with E-state index in [0.29, 0.717) is 10.4 Å². The lowest BCUT2D eigenvalue weighted by atomic mass is 10.1. The normalized spacial score (nSPS) is 11.4. The van der Waals surface area contributed by atoms with Gasteiger partial charge >= 0.3 is 10.1 Å². The number of nitro groups is 1. The smallest absolute Gasteiger partial charge is 0.344 e. The minimum absolute atomic E-state index is 0.00644. The number of hydrogen-bond acceptors (Lipinski definition) is 8. The molecular formula is C15H12N2O6S2. The van der Waals surface area contributed by atoms with Crippen molar-refractivity contribution < 1.29 is 22.0 Å². The van der Waals surface area contributed by atoms with E-state index in [4.69, 9.17) is 8.71 Å².